The minimum absolute atomic E-state index is 0.00600. The molecule has 3 N–H and O–H groups in total. The molecule has 1 amide bonds. The fraction of sp³-hybridized carbons (Fsp3) is 0.818. The van der Waals surface area contributed by atoms with Crippen molar-refractivity contribution < 1.29 is 14.3 Å². The van der Waals surface area contributed by atoms with Crippen molar-refractivity contribution >= 4 is 11.9 Å². The first kappa shape index (κ1) is 13.0. The predicted octanol–water partition coefficient (Wildman–Crippen LogP) is 0.182. The molecule has 1 aliphatic rings. The Balaban J connectivity index is 2.32. The fourth-order valence-electron chi connectivity index (χ4n) is 2.14. The number of carbonyl (C=O) groups is 2. The number of hydrogen-bond donors (Lipinski definition) is 2. The number of hydrogen-bond acceptors (Lipinski definition) is 4. The largest absolute Gasteiger partial charge is 0.468 e. The van der Waals surface area contributed by atoms with Gasteiger partial charge in [0.05, 0.1) is 7.11 Å². The molecular weight excluding hydrogens is 208 g/mol. The van der Waals surface area contributed by atoms with E-state index in [1.54, 1.807) is 6.92 Å². The second kappa shape index (κ2) is 5.84. The van der Waals surface area contributed by atoms with Crippen LogP contribution in [0.1, 0.15) is 32.6 Å². The minimum Gasteiger partial charge on any atom is -0.468 e. The molecule has 16 heavy (non-hydrogen) atoms. The van der Waals surface area contributed by atoms with E-state index in [4.69, 9.17) is 5.73 Å². The Morgan fingerprint density at radius 2 is 1.88 bits per heavy atom. The number of nitrogens with one attached hydrogen (secondary N) is 1. The Hall–Kier alpha value is -1.10. The van der Waals surface area contributed by atoms with Gasteiger partial charge in [0.15, 0.2) is 0 Å². The first-order chi connectivity index (χ1) is 7.54. The number of esters is 1. The zero-order chi connectivity index (χ0) is 12.1. The quantitative estimate of drug-likeness (QED) is 0.673. The monoisotopic (exact) mass is 228 g/mol. The van der Waals surface area contributed by atoms with Gasteiger partial charge in [0.25, 0.3) is 0 Å². The van der Waals surface area contributed by atoms with Gasteiger partial charge in [-0.3, -0.25) is 9.59 Å². The van der Waals surface area contributed by atoms with Gasteiger partial charge in [0.1, 0.15) is 6.04 Å². The van der Waals surface area contributed by atoms with E-state index in [1.165, 1.54) is 7.11 Å². The van der Waals surface area contributed by atoms with Crippen LogP contribution < -0.4 is 11.1 Å². The summed E-state index contributed by atoms with van der Waals surface area (Å²) in [6, 6.07) is -0.00942. The molecule has 0 aliphatic heterocycles. The summed E-state index contributed by atoms with van der Waals surface area (Å²) in [5.41, 5.74) is 5.25. The van der Waals surface area contributed by atoms with E-state index < -0.39 is 0 Å². The number of amides is 1. The van der Waals surface area contributed by atoms with E-state index in [-0.39, 0.29) is 29.9 Å². The van der Waals surface area contributed by atoms with E-state index in [9.17, 15) is 9.59 Å². The molecule has 0 radical (unpaired) electrons. The van der Waals surface area contributed by atoms with Crippen LogP contribution in [0.2, 0.25) is 0 Å². The zero-order valence-electron chi connectivity index (χ0n) is 9.86. The van der Waals surface area contributed by atoms with E-state index in [0.29, 0.717) is 0 Å². The molecule has 0 aromatic rings. The van der Waals surface area contributed by atoms with Gasteiger partial charge in [0, 0.05) is 12.0 Å². The van der Waals surface area contributed by atoms with Crippen molar-refractivity contribution in [3.8, 4) is 0 Å². The van der Waals surface area contributed by atoms with E-state index in [1.807, 2.05) is 0 Å². The zero-order valence-corrected chi connectivity index (χ0v) is 9.86. The third-order valence-electron chi connectivity index (χ3n) is 3.17. The van der Waals surface area contributed by atoms with Crippen LogP contribution >= 0.6 is 0 Å². The van der Waals surface area contributed by atoms with Crippen LogP contribution in [0.5, 0.6) is 0 Å². The van der Waals surface area contributed by atoms with Crippen molar-refractivity contribution in [3.05, 3.63) is 0 Å². The lowest BCUT2D eigenvalue weighted by Crippen LogP contribution is -2.44. The van der Waals surface area contributed by atoms with Crippen LogP contribution in [0.4, 0.5) is 0 Å². The summed E-state index contributed by atoms with van der Waals surface area (Å²) in [4.78, 5) is 22.2. The second-order valence-corrected chi connectivity index (χ2v) is 4.36. The molecule has 1 rings (SSSR count). The average Bonchev–Trinajstić information content (AvgIpc) is 2.28. The number of methoxy groups -OCH3 is 1. The van der Waals surface area contributed by atoms with Gasteiger partial charge in [-0.1, -0.05) is 0 Å². The van der Waals surface area contributed by atoms with Gasteiger partial charge < -0.3 is 15.8 Å². The van der Waals surface area contributed by atoms with Gasteiger partial charge in [0.2, 0.25) is 5.91 Å². The van der Waals surface area contributed by atoms with Gasteiger partial charge in [-0.15, -0.1) is 0 Å². The summed E-state index contributed by atoms with van der Waals surface area (Å²) < 4.78 is 4.64. The molecule has 0 spiro atoms. The summed E-state index contributed by atoms with van der Waals surface area (Å²) in [5.74, 6) is -0.456. The molecule has 5 nitrogen and oxygen atoms in total. The molecule has 0 aromatic carbocycles. The molecule has 0 bridgehead atoms. The van der Waals surface area contributed by atoms with E-state index >= 15 is 0 Å². The van der Waals surface area contributed by atoms with Gasteiger partial charge >= 0.3 is 5.97 Å². The molecule has 0 saturated heterocycles. The average molecular weight is 228 g/mol. The normalized spacial score (nSPS) is 27.1. The molecule has 1 atom stereocenters. The highest BCUT2D eigenvalue weighted by Gasteiger charge is 2.26. The fourth-order valence-corrected chi connectivity index (χ4v) is 2.14. The number of ether oxygens (including phenoxy) is 1. The molecule has 1 aliphatic carbocycles. The molecule has 1 unspecified atom stereocenters. The molecule has 1 saturated carbocycles. The Bertz CT molecular complexity index is 260. The summed E-state index contributed by atoms with van der Waals surface area (Å²) in [6.45, 7) is 1.78. The summed E-state index contributed by atoms with van der Waals surface area (Å²) >= 11 is 0. The van der Waals surface area contributed by atoms with Crippen LogP contribution in [0.3, 0.4) is 0 Å². The highest BCUT2D eigenvalue weighted by atomic mass is 16.5. The Morgan fingerprint density at radius 1 is 1.31 bits per heavy atom. The Morgan fingerprint density at radius 3 is 2.31 bits per heavy atom. The first-order valence-electron chi connectivity index (χ1n) is 5.67. The molecule has 0 aromatic heterocycles. The lowest BCUT2D eigenvalue weighted by molar-refractivity contribution is -0.143. The summed E-state index contributed by atoms with van der Waals surface area (Å²) in [5, 5.41) is 3.20. The number of carbonyl (C=O) groups excluding carboxylic acids is 2. The standard InChI is InChI=1S/C11H20N2O3/c1-7(11(15)16-2)13-9-5-3-8(4-6-9)10(12)14/h7-9,13H,3-6H2,1-2H3,(H2,12,14). The van der Waals surface area contributed by atoms with Crippen LogP contribution in [-0.2, 0) is 14.3 Å². The third kappa shape index (κ3) is 3.48. The molecule has 5 heteroatoms. The van der Waals surface area contributed by atoms with Gasteiger partial charge in [-0.25, -0.2) is 0 Å². The maximum absolute atomic E-state index is 11.2. The van der Waals surface area contributed by atoms with Crippen molar-refractivity contribution in [2.75, 3.05) is 7.11 Å². The van der Waals surface area contributed by atoms with Crippen molar-refractivity contribution in [2.24, 2.45) is 11.7 Å². The molecule has 1 fully saturated rings. The number of rotatable bonds is 4. The predicted molar refractivity (Wildman–Crippen MR) is 59.6 cm³/mol. The van der Waals surface area contributed by atoms with Crippen molar-refractivity contribution in [2.45, 2.75) is 44.7 Å². The minimum atomic E-state index is -0.292. The van der Waals surface area contributed by atoms with Crippen LogP contribution in [0.25, 0.3) is 0 Å². The highest BCUT2D eigenvalue weighted by Crippen LogP contribution is 2.24. The maximum Gasteiger partial charge on any atom is 0.322 e. The number of nitrogens with two attached hydrogens (primary N) is 1. The third-order valence-corrected chi connectivity index (χ3v) is 3.17. The van der Waals surface area contributed by atoms with Gasteiger partial charge in [-0.2, -0.15) is 0 Å². The lowest BCUT2D eigenvalue weighted by Gasteiger charge is -2.29. The highest BCUT2D eigenvalue weighted by molar-refractivity contribution is 5.76. The maximum atomic E-state index is 11.2. The lowest BCUT2D eigenvalue weighted by atomic mass is 9.85. The Labute approximate surface area is 95.7 Å². The van der Waals surface area contributed by atoms with Gasteiger partial charge in [-0.05, 0) is 32.6 Å². The van der Waals surface area contributed by atoms with Crippen molar-refractivity contribution in [1.82, 2.24) is 5.32 Å². The number of primary amides is 1. The molecule has 0 heterocycles. The second-order valence-electron chi connectivity index (χ2n) is 4.36. The first-order valence-corrected chi connectivity index (χ1v) is 5.67. The van der Waals surface area contributed by atoms with E-state index in [0.717, 1.165) is 25.7 Å². The van der Waals surface area contributed by atoms with E-state index in [2.05, 4.69) is 10.1 Å². The van der Waals surface area contributed by atoms with Crippen LogP contribution in [0, 0.1) is 5.92 Å². The smallest absolute Gasteiger partial charge is 0.322 e. The SMILES string of the molecule is COC(=O)C(C)NC1CCC(C(N)=O)CC1. The summed E-state index contributed by atoms with van der Waals surface area (Å²) in [7, 11) is 1.38. The van der Waals surface area contributed by atoms with Crippen molar-refractivity contribution in [1.29, 1.82) is 0 Å². The topological polar surface area (TPSA) is 81.4 Å². The summed E-state index contributed by atoms with van der Waals surface area (Å²) in [6.07, 6.45) is 3.38. The van der Waals surface area contributed by atoms with Crippen LogP contribution in [-0.4, -0.2) is 31.1 Å². The molecular formula is C11H20N2O3. The van der Waals surface area contributed by atoms with Crippen LogP contribution in [0.15, 0.2) is 0 Å². The van der Waals surface area contributed by atoms with Crippen molar-refractivity contribution in [3.63, 3.8) is 0 Å². The molecule has 92 valence electrons. The Kier molecular flexibility index (Phi) is 4.73.